The van der Waals surface area contributed by atoms with E-state index in [1.807, 2.05) is 0 Å². The van der Waals surface area contributed by atoms with Crippen LogP contribution in [0.1, 0.15) is 25.7 Å². The zero-order valence-corrected chi connectivity index (χ0v) is 19.5. The third-order valence-corrected chi connectivity index (χ3v) is 7.97. The van der Waals surface area contributed by atoms with Crippen LogP contribution >= 0.6 is 11.3 Å². The van der Waals surface area contributed by atoms with Crippen molar-refractivity contribution in [3.05, 3.63) is 59.7 Å². The Labute approximate surface area is 196 Å². The Kier molecular flexibility index (Phi) is 7.36. The lowest BCUT2D eigenvalue weighted by molar-refractivity contribution is -0.118. The van der Waals surface area contributed by atoms with Crippen LogP contribution in [-0.4, -0.2) is 43.3 Å². The Morgan fingerprint density at radius 1 is 1.06 bits per heavy atom. The minimum Gasteiger partial charge on any atom is -0.481 e. The number of sulfonamides is 1. The van der Waals surface area contributed by atoms with Gasteiger partial charge in [0.2, 0.25) is 10.0 Å². The second-order valence-electron chi connectivity index (χ2n) is 7.65. The molecular weight excluding hydrogens is 465 g/mol. The van der Waals surface area contributed by atoms with Gasteiger partial charge in [-0.15, -0.1) is 11.3 Å². The summed E-state index contributed by atoms with van der Waals surface area (Å²) in [5.41, 5.74) is 1.35. The molecule has 1 aliphatic rings. The molecule has 1 N–H and O–H groups in total. The maximum atomic E-state index is 13.6. The van der Waals surface area contributed by atoms with Crippen LogP contribution in [0.25, 0.3) is 11.3 Å². The molecule has 3 aromatic rings. The average Bonchev–Trinajstić information content (AvgIpc) is 3.09. The summed E-state index contributed by atoms with van der Waals surface area (Å²) in [5.74, 6) is -0.996. The fraction of sp³-hybridized carbons (Fsp3) is 0.304. The molecule has 1 aliphatic heterocycles. The molecular formula is C23H24FN3O4S2. The molecule has 1 aromatic heterocycles. The van der Waals surface area contributed by atoms with Crippen LogP contribution in [0.3, 0.4) is 0 Å². The first-order valence-electron chi connectivity index (χ1n) is 10.7. The molecule has 4 rings (SSSR count). The number of para-hydroxylation sites is 1. The molecule has 2 heterocycles. The van der Waals surface area contributed by atoms with Gasteiger partial charge in [-0.1, -0.05) is 37.1 Å². The maximum Gasteiger partial charge on any atom is 0.264 e. The van der Waals surface area contributed by atoms with E-state index >= 15 is 0 Å². The first-order chi connectivity index (χ1) is 15.9. The van der Waals surface area contributed by atoms with Crippen LogP contribution in [0.2, 0.25) is 0 Å². The van der Waals surface area contributed by atoms with Gasteiger partial charge in [0.15, 0.2) is 23.3 Å². The quantitative estimate of drug-likeness (QED) is 0.527. The highest BCUT2D eigenvalue weighted by Crippen LogP contribution is 2.27. The van der Waals surface area contributed by atoms with Gasteiger partial charge in [-0.2, -0.15) is 4.31 Å². The summed E-state index contributed by atoms with van der Waals surface area (Å²) in [6, 6.07) is 12.5. The topological polar surface area (TPSA) is 88.6 Å². The Balaban J connectivity index is 1.38. The van der Waals surface area contributed by atoms with Gasteiger partial charge in [-0.05, 0) is 37.1 Å². The second kappa shape index (κ2) is 10.4. The molecule has 10 heteroatoms. The van der Waals surface area contributed by atoms with Crippen LogP contribution in [0.5, 0.6) is 5.75 Å². The predicted molar refractivity (Wildman–Crippen MR) is 125 cm³/mol. The summed E-state index contributed by atoms with van der Waals surface area (Å²) < 4.78 is 46.2. The molecule has 33 heavy (non-hydrogen) atoms. The van der Waals surface area contributed by atoms with E-state index in [2.05, 4.69) is 10.3 Å². The third-order valence-electron chi connectivity index (χ3n) is 5.30. The SMILES string of the molecule is O=C(COc1ccccc1F)Nc1nc(-c2ccc(S(=O)(=O)N3CCCCCC3)cc2)cs1. The number of carbonyl (C=O) groups is 1. The summed E-state index contributed by atoms with van der Waals surface area (Å²) in [6.07, 6.45) is 3.89. The lowest BCUT2D eigenvalue weighted by Crippen LogP contribution is -2.31. The number of nitrogens with zero attached hydrogens (tertiary/aromatic N) is 2. The fourth-order valence-corrected chi connectivity index (χ4v) is 5.81. The number of halogens is 1. The maximum absolute atomic E-state index is 13.6. The summed E-state index contributed by atoms with van der Waals surface area (Å²) in [6.45, 7) is 0.763. The molecule has 1 saturated heterocycles. The molecule has 174 valence electrons. The zero-order chi connectivity index (χ0) is 23.3. The normalized spacial score (nSPS) is 15.1. The Bertz CT molecular complexity index is 1200. The molecule has 2 aromatic carbocycles. The number of carbonyl (C=O) groups excluding carboxylic acids is 1. The van der Waals surface area contributed by atoms with E-state index in [0.29, 0.717) is 23.9 Å². The van der Waals surface area contributed by atoms with Crippen LogP contribution < -0.4 is 10.1 Å². The van der Waals surface area contributed by atoms with Gasteiger partial charge in [0, 0.05) is 24.0 Å². The van der Waals surface area contributed by atoms with Gasteiger partial charge in [0.25, 0.3) is 5.91 Å². The van der Waals surface area contributed by atoms with Gasteiger partial charge in [0.05, 0.1) is 10.6 Å². The number of benzene rings is 2. The lowest BCUT2D eigenvalue weighted by Gasteiger charge is -2.19. The molecule has 0 radical (unpaired) electrons. The van der Waals surface area contributed by atoms with Crippen molar-refractivity contribution >= 4 is 32.4 Å². The van der Waals surface area contributed by atoms with Crippen molar-refractivity contribution in [2.45, 2.75) is 30.6 Å². The second-order valence-corrected chi connectivity index (χ2v) is 10.4. The largest absolute Gasteiger partial charge is 0.481 e. The van der Waals surface area contributed by atoms with Crippen LogP contribution in [0.15, 0.2) is 58.8 Å². The van der Waals surface area contributed by atoms with Gasteiger partial charge in [-0.25, -0.2) is 17.8 Å². The Morgan fingerprint density at radius 3 is 2.45 bits per heavy atom. The van der Waals surface area contributed by atoms with E-state index in [4.69, 9.17) is 4.74 Å². The monoisotopic (exact) mass is 489 g/mol. The highest BCUT2D eigenvalue weighted by atomic mass is 32.2. The van der Waals surface area contributed by atoms with Crippen molar-refractivity contribution in [2.24, 2.45) is 0 Å². The number of nitrogens with one attached hydrogen (secondary N) is 1. The van der Waals surface area contributed by atoms with E-state index < -0.39 is 21.7 Å². The van der Waals surface area contributed by atoms with Crippen molar-refractivity contribution in [2.75, 3.05) is 25.0 Å². The predicted octanol–water partition coefficient (Wildman–Crippen LogP) is 4.53. The third kappa shape index (κ3) is 5.76. The number of aromatic nitrogens is 1. The van der Waals surface area contributed by atoms with Gasteiger partial charge in [-0.3, -0.25) is 10.1 Å². The summed E-state index contributed by atoms with van der Waals surface area (Å²) in [5, 5.41) is 4.76. The van der Waals surface area contributed by atoms with E-state index in [9.17, 15) is 17.6 Å². The van der Waals surface area contributed by atoms with E-state index in [1.54, 1.807) is 40.0 Å². The number of anilines is 1. The minimum atomic E-state index is -3.51. The zero-order valence-electron chi connectivity index (χ0n) is 17.9. The number of ether oxygens (including phenoxy) is 1. The molecule has 0 unspecified atom stereocenters. The highest BCUT2D eigenvalue weighted by molar-refractivity contribution is 7.89. The van der Waals surface area contributed by atoms with E-state index in [1.165, 1.54) is 29.5 Å². The number of hydrogen-bond acceptors (Lipinski definition) is 6. The molecule has 0 bridgehead atoms. The minimum absolute atomic E-state index is 0.00250. The molecule has 1 fully saturated rings. The number of amides is 1. The molecule has 0 atom stereocenters. The first-order valence-corrected chi connectivity index (χ1v) is 13.0. The number of rotatable bonds is 7. The molecule has 7 nitrogen and oxygen atoms in total. The van der Waals surface area contributed by atoms with Crippen LogP contribution in [-0.2, 0) is 14.8 Å². The Morgan fingerprint density at radius 2 is 1.76 bits per heavy atom. The Hall–Kier alpha value is -2.82. The van der Waals surface area contributed by atoms with Gasteiger partial charge in [0.1, 0.15) is 0 Å². The van der Waals surface area contributed by atoms with E-state index in [-0.39, 0.29) is 17.3 Å². The average molecular weight is 490 g/mol. The fourth-order valence-electron chi connectivity index (χ4n) is 3.55. The summed E-state index contributed by atoms with van der Waals surface area (Å²) >= 11 is 1.23. The van der Waals surface area contributed by atoms with Crippen LogP contribution in [0, 0.1) is 5.82 Å². The number of hydrogen-bond donors (Lipinski definition) is 1. The van der Waals surface area contributed by atoms with Crippen molar-refractivity contribution in [1.29, 1.82) is 0 Å². The number of thiazole rings is 1. The molecule has 1 amide bonds. The smallest absolute Gasteiger partial charge is 0.264 e. The first kappa shape index (κ1) is 23.3. The van der Waals surface area contributed by atoms with Crippen molar-refractivity contribution in [3.8, 4) is 17.0 Å². The van der Waals surface area contributed by atoms with Crippen LogP contribution in [0.4, 0.5) is 9.52 Å². The molecule has 0 aliphatic carbocycles. The van der Waals surface area contributed by atoms with Crippen molar-refractivity contribution in [3.63, 3.8) is 0 Å². The van der Waals surface area contributed by atoms with Gasteiger partial charge < -0.3 is 4.74 Å². The standard InChI is InChI=1S/C23H24FN3O4S2/c24-19-7-3-4-8-21(19)31-15-22(28)26-23-25-20(16-32-23)17-9-11-18(12-10-17)33(29,30)27-13-5-1-2-6-14-27/h3-4,7-12,16H,1-2,5-6,13-15H2,(H,25,26,28). The summed E-state index contributed by atoms with van der Waals surface area (Å²) in [7, 11) is -3.51. The van der Waals surface area contributed by atoms with Crippen molar-refractivity contribution < 1.29 is 22.3 Å². The van der Waals surface area contributed by atoms with Crippen molar-refractivity contribution in [1.82, 2.24) is 9.29 Å². The molecule has 0 saturated carbocycles. The van der Waals surface area contributed by atoms with E-state index in [0.717, 1.165) is 31.2 Å². The highest BCUT2D eigenvalue weighted by Gasteiger charge is 2.25. The van der Waals surface area contributed by atoms with Gasteiger partial charge >= 0.3 is 0 Å². The summed E-state index contributed by atoms with van der Waals surface area (Å²) in [4.78, 5) is 16.8. The molecule has 0 spiro atoms. The lowest BCUT2D eigenvalue weighted by atomic mass is 10.2.